The van der Waals surface area contributed by atoms with Crippen LogP contribution in [0.5, 0.6) is 0 Å². The van der Waals surface area contributed by atoms with E-state index >= 15 is 0 Å². The summed E-state index contributed by atoms with van der Waals surface area (Å²) >= 11 is 0. The largest absolute Gasteiger partial charge is 0.454 e. The molecule has 2 aromatic carbocycles. The zero-order valence-electron chi connectivity index (χ0n) is 18.5. The quantitative estimate of drug-likeness (QED) is 0.343. The average molecular weight is 426 g/mol. The van der Waals surface area contributed by atoms with Crippen LogP contribution < -0.4 is 0 Å². The Labute approximate surface area is 187 Å². The van der Waals surface area contributed by atoms with Gasteiger partial charge in [-0.15, -0.1) is 0 Å². The monoisotopic (exact) mass is 425 g/mol. The third kappa shape index (κ3) is 4.22. The Hall–Kier alpha value is -3.64. The number of hydrogen-bond donors (Lipinski definition) is 0. The first-order valence-electron chi connectivity index (χ1n) is 11.0. The first-order valence-corrected chi connectivity index (χ1v) is 11.0. The Bertz CT molecular complexity index is 1280. The second-order valence-corrected chi connectivity index (χ2v) is 8.14. The van der Waals surface area contributed by atoms with Gasteiger partial charge in [-0.3, -0.25) is 9.58 Å². The number of rotatable bonds is 8. The molecule has 32 heavy (non-hydrogen) atoms. The van der Waals surface area contributed by atoms with Crippen LogP contribution in [-0.2, 0) is 26.2 Å². The van der Waals surface area contributed by atoms with Crippen LogP contribution in [-0.4, -0.2) is 31.3 Å². The average Bonchev–Trinajstić information content (AvgIpc) is 3.52. The zero-order valence-corrected chi connectivity index (χ0v) is 18.5. The van der Waals surface area contributed by atoms with Crippen molar-refractivity contribution in [2.45, 2.75) is 33.1 Å². The van der Waals surface area contributed by atoms with E-state index in [4.69, 9.17) is 9.52 Å². The van der Waals surface area contributed by atoms with Gasteiger partial charge >= 0.3 is 0 Å². The molecule has 5 rings (SSSR count). The van der Waals surface area contributed by atoms with Crippen molar-refractivity contribution < 1.29 is 4.42 Å². The first-order chi connectivity index (χ1) is 15.7. The van der Waals surface area contributed by atoms with Gasteiger partial charge in [0, 0.05) is 42.6 Å². The summed E-state index contributed by atoms with van der Waals surface area (Å²) in [6.45, 7) is 5.29. The molecule has 3 aromatic heterocycles. The smallest absolute Gasteiger partial charge is 0.156 e. The van der Waals surface area contributed by atoms with Crippen molar-refractivity contribution in [1.82, 2.24) is 24.2 Å². The van der Waals surface area contributed by atoms with Crippen molar-refractivity contribution in [2.24, 2.45) is 0 Å². The summed E-state index contributed by atoms with van der Waals surface area (Å²) in [6, 6.07) is 20.6. The van der Waals surface area contributed by atoms with Gasteiger partial charge in [0.15, 0.2) is 5.76 Å². The van der Waals surface area contributed by atoms with Crippen molar-refractivity contribution in [3.8, 4) is 11.5 Å². The van der Waals surface area contributed by atoms with E-state index in [2.05, 4.69) is 71.0 Å². The van der Waals surface area contributed by atoms with E-state index < -0.39 is 0 Å². The summed E-state index contributed by atoms with van der Waals surface area (Å²) in [5.41, 5.74) is 4.13. The van der Waals surface area contributed by atoms with Crippen LogP contribution in [0.3, 0.4) is 0 Å². The van der Waals surface area contributed by atoms with Gasteiger partial charge in [0.25, 0.3) is 0 Å². The number of furan rings is 1. The Kier molecular flexibility index (Phi) is 5.60. The summed E-state index contributed by atoms with van der Waals surface area (Å²) in [4.78, 5) is 6.79. The van der Waals surface area contributed by atoms with Gasteiger partial charge in [-0.1, -0.05) is 48.5 Å². The molecule has 0 aliphatic carbocycles. The number of imidazole rings is 1. The van der Waals surface area contributed by atoms with Crippen molar-refractivity contribution in [1.29, 1.82) is 0 Å². The third-order valence-electron chi connectivity index (χ3n) is 5.68. The second-order valence-electron chi connectivity index (χ2n) is 8.14. The highest BCUT2D eigenvalue weighted by atomic mass is 16.3. The summed E-state index contributed by atoms with van der Waals surface area (Å²) < 4.78 is 10.4. The van der Waals surface area contributed by atoms with E-state index in [9.17, 15) is 0 Å². The SMILES string of the molecule is CCn1ccnc1CN(C)Cc1cn(Cc2ccccc2)nc1-c1cc2ccccc2o1. The normalized spacial score (nSPS) is 11.6. The zero-order chi connectivity index (χ0) is 21.9. The van der Waals surface area contributed by atoms with Gasteiger partial charge < -0.3 is 8.98 Å². The predicted molar refractivity (Wildman–Crippen MR) is 126 cm³/mol. The fourth-order valence-corrected chi connectivity index (χ4v) is 4.10. The molecule has 0 spiro atoms. The Morgan fingerprint density at radius 3 is 2.62 bits per heavy atom. The molecular formula is C26H27N5O. The van der Waals surface area contributed by atoms with E-state index in [1.165, 1.54) is 5.56 Å². The molecule has 6 nitrogen and oxygen atoms in total. The molecule has 0 fully saturated rings. The lowest BCUT2D eigenvalue weighted by molar-refractivity contribution is 0.305. The summed E-state index contributed by atoms with van der Waals surface area (Å²) in [5.74, 6) is 1.87. The molecule has 0 unspecified atom stereocenters. The number of nitrogens with zero attached hydrogens (tertiary/aromatic N) is 5. The van der Waals surface area contributed by atoms with Crippen LogP contribution in [0.4, 0.5) is 0 Å². The number of hydrogen-bond acceptors (Lipinski definition) is 4. The van der Waals surface area contributed by atoms with Gasteiger partial charge in [-0.25, -0.2) is 4.98 Å². The number of para-hydroxylation sites is 1. The highest BCUT2D eigenvalue weighted by molar-refractivity contribution is 5.82. The minimum absolute atomic E-state index is 0.720. The molecule has 0 amide bonds. The molecule has 0 saturated heterocycles. The molecule has 3 heterocycles. The van der Waals surface area contributed by atoms with Gasteiger partial charge in [0.2, 0.25) is 0 Å². The van der Waals surface area contributed by atoms with Crippen LogP contribution in [0.2, 0.25) is 0 Å². The standard InChI is InChI=1S/C26H27N5O/c1-3-30-14-13-27-25(30)19-29(2)17-22-18-31(16-20-9-5-4-6-10-20)28-26(22)24-15-21-11-7-8-12-23(21)32-24/h4-15,18H,3,16-17,19H2,1-2H3. The van der Waals surface area contributed by atoms with Gasteiger partial charge in [-0.05, 0) is 31.7 Å². The molecule has 0 bridgehead atoms. The maximum atomic E-state index is 6.17. The van der Waals surface area contributed by atoms with Gasteiger partial charge in [0.05, 0.1) is 13.1 Å². The maximum Gasteiger partial charge on any atom is 0.156 e. The second kappa shape index (κ2) is 8.85. The van der Waals surface area contributed by atoms with Crippen LogP contribution in [0.15, 0.2) is 83.7 Å². The predicted octanol–water partition coefficient (Wildman–Crippen LogP) is 5.19. The van der Waals surface area contributed by atoms with E-state index in [1.807, 2.05) is 41.3 Å². The summed E-state index contributed by atoms with van der Waals surface area (Å²) in [7, 11) is 2.12. The molecule has 5 aromatic rings. The fraction of sp³-hybridized carbons (Fsp3) is 0.231. The lowest BCUT2D eigenvalue weighted by Crippen LogP contribution is -2.20. The molecule has 6 heteroatoms. The lowest BCUT2D eigenvalue weighted by atomic mass is 10.2. The Morgan fingerprint density at radius 1 is 1.00 bits per heavy atom. The van der Waals surface area contributed by atoms with Crippen molar-refractivity contribution in [3.05, 3.63) is 96.2 Å². The Balaban J connectivity index is 1.46. The topological polar surface area (TPSA) is 52.0 Å². The lowest BCUT2D eigenvalue weighted by Gasteiger charge is -2.16. The number of aryl methyl sites for hydroxylation is 1. The summed E-state index contributed by atoms with van der Waals surface area (Å²) in [6.07, 6.45) is 6.03. The van der Waals surface area contributed by atoms with Gasteiger partial charge in [-0.2, -0.15) is 5.10 Å². The number of benzene rings is 2. The van der Waals surface area contributed by atoms with E-state index in [0.29, 0.717) is 0 Å². The van der Waals surface area contributed by atoms with Crippen molar-refractivity contribution in [2.75, 3.05) is 7.05 Å². The van der Waals surface area contributed by atoms with Crippen LogP contribution in [0.1, 0.15) is 23.9 Å². The van der Waals surface area contributed by atoms with Crippen molar-refractivity contribution >= 4 is 11.0 Å². The summed E-state index contributed by atoms with van der Waals surface area (Å²) in [5, 5.41) is 6.02. The molecule has 0 aliphatic heterocycles. The fourth-order valence-electron chi connectivity index (χ4n) is 4.10. The van der Waals surface area contributed by atoms with E-state index in [0.717, 1.165) is 60.0 Å². The van der Waals surface area contributed by atoms with E-state index in [1.54, 1.807) is 0 Å². The molecule has 0 N–H and O–H groups in total. The highest BCUT2D eigenvalue weighted by Crippen LogP contribution is 2.30. The minimum atomic E-state index is 0.720. The molecular weight excluding hydrogens is 398 g/mol. The molecule has 162 valence electrons. The number of aromatic nitrogens is 4. The maximum absolute atomic E-state index is 6.17. The first kappa shape index (κ1) is 20.3. The highest BCUT2D eigenvalue weighted by Gasteiger charge is 2.18. The van der Waals surface area contributed by atoms with Crippen LogP contribution >= 0.6 is 0 Å². The molecule has 0 radical (unpaired) electrons. The van der Waals surface area contributed by atoms with E-state index in [-0.39, 0.29) is 0 Å². The van der Waals surface area contributed by atoms with Crippen LogP contribution in [0.25, 0.3) is 22.4 Å². The van der Waals surface area contributed by atoms with Crippen molar-refractivity contribution in [3.63, 3.8) is 0 Å². The van der Waals surface area contributed by atoms with Gasteiger partial charge in [0.1, 0.15) is 17.1 Å². The molecule has 0 aliphatic rings. The van der Waals surface area contributed by atoms with Crippen LogP contribution in [0, 0.1) is 0 Å². The Morgan fingerprint density at radius 2 is 1.81 bits per heavy atom. The third-order valence-corrected chi connectivity index (χ3v) is 5.68. The molecule has 0 saturated carbocycles. The number of fused-ring (bicyclic) bond motifs is 1. The molecule has 0 atom stereocenters. The minimum Gasteiger partial charge on any atom is -0.454 e.